The lowest BCUT2D eigenvalue weighted by molar-refractivity contribution is -0.134. The van der Waals surface area contributed by atoms with Crippen molar-refractivity contribution in [3.05, 3.63) is 60.2 Å². The summed E-state index contributed by atoms with van der Waals surface area (Å²) in [5, 5.41) is 10.8. The molecule has 0 aliphatic carbocycles. The number of rotatable bonds is 7. The quantitative estimate of drug-likeness (QED) is 0.576. The molecule has 2 atom stereocenters. The second-order valence-corrected chi connectivity index (χ2v) is 8.91. The van der Waals surface area contributed by atoms with Gasteiger partial charge in [-0.1, -0.05) is 61.5 Å². The molecule has 0 radical (unpaired) electrons. The van der Waals surface area contributed by atoms with Gasteiger partial charge in [0.2, 0.25) is 5.91 Å². The zero-order chi connectivity index (χ0) is 24.1. The monoisotopic (exact) mass is 463 g/mol. The van der Waals surface area contributed by atoms with Gasteiger partial charge in [0.25, 0.3) is 5.91 Å². The molecular weight excluding hydrogens is 434 g/mol. The van der Waals surface area contributed by atoms with Crippen LogP contribution < -0.4 is 5.32 Å². The summed E-state index contributed by atoms with van der Waals surface area (Å²) in [7, 11) is 0. The summed E-state index contributed by atoms with van der Waals surface area (Å²) >= 11 is 0. The summed E-state index contributed by atoms with van der Waals surface area (Å²) in [6.07, 6.45) is 1.00. The van der Waals surface area contributed by atoms with Crippen LogP contribution >= 0.6 is 0 Å². The molecule has 0 bridgehead atoms. The molecule has 2 aromatic carbocycles. The Morgan fingerprint density at radius 2 is 1.82 bits per heavy atom. The van der Waals surface area contributed by atoms with Crippen LogP contribution in [0.1, 0.15) is 43.5 Å². The van der Waals surface area contributed by atoms with Gasteiger partial charge in [-0.25, -0.2) is 4.79 Å². The van der Waals surface area contributed by atoms with Crippen molar-refractivity contribution in [3.63, 3.8) is 0 Å². The molecule has 0 unspecified atom stereocenters. The van der Waals surface area contributed by atoms with E-state index < -0.39 is 18.2 Å². The first-order valence-corrected chi connectivity index (χ1v) is 11.6. The molecular formula is C25H29N5O4. The third-order valence-electron chi connectivity index (χ3n) is 5.89. The van der Waals surface area contributed by atoms with Crippen molar-refractivity contribution < 1.29 is 19.1 Å². The summed E-state index contributed by atoms with van der Waals surface area (Å²) < 4.78 is 6.59. The zero-order valence-electron chi connectivity index (χ0n) is 19.4. The Morgan fingerprint density at radius 1 is 1.09 bits per heavy atom. The Morgan fingerprint density at radius 3 is 2.59 bits per heavy atom. The van der Waals surface area contributed by atoms with Crippen molar-refractivity contribution >= 4 is 28.9 Å². The standard InChI is InChI=1S/C25H29N5O4/c1-17(2)15-20(26-25(33)34-16-18-9-4-3-5-10-18)23(31)29-14-8-13-22(29)24(32)30-21-12-7-6-11-19(21)27-28-30/h3-7,9-12,17,20,22H,8,13-16H2,1-2H3,(H,26,33)/t20-,22-/m0/s1. The molecule has 0 saturated carbocycles. The number of carbonyl (C=O) groups is 3. The molecule has 2 amide bonds. The van der Waals surface area contributed by atoms with Crippen molar-refractivity contribution in [2.24, 2.45) is 5.92 Å². The predicted octanol–water partition coefficient (Wildman–Crippen LogP) is 3.40. The molecule has 1 fully saturated rings. The van der Waals surface area contributed by atoms with Crippen LogP contribution in [0.2, 0.25) is 0 Å². The lowest BCUT2D eigenvalue weighted by atomic mass is 10.0. The fraction of sp³-hybridized carbons (Fsp3) is 0.400. The average molecular weight is 464 g/mol. The summed E-state index contributed by atoms with van der Waals surface area (Å²) in [4.78, 5) is 40.9. The number of benzene rings is 2. The number of hydrogen-bond acceptors (Lipinski definition) is 6. The van der Waals surface area contributed by atoms with E-state index in [2.05, 4.69) is 15.6 Å². The van der Waals surface area contributed by atoms with E-state index in [1.54, 1.807) is 17.0 Å². The number of hydrogen-bond donors (Lipinski definition) is 1. The number of ether oxygens (including phenoxy) is 1. The fourth-order valence-corrected chi connectivity index (χ4v) is 4.26. The first kappa shape index (κ1) is 23.4. The molecule has 9 nitrogen and oxygen atoms in total. The van der Waals surface area contributed by atoms with Crippen molar-refractivity contribution in [2.75, 3.05) is 6.54 Å². The minimum Gasteiger partial charge on any atom is -0.445 e. The molecule has 4 rings (SSSR count). The van der Waals surface area contributed by atoms with Crippen LogP contribution in [0.25, 0.3) is 11.0 Å². The van der Waals surface area contributed by atoms with Crippen molar-refractivity contribution in [1.29, 1.82) is 0 Å². The highest BCUT2D eigenvalue weighted by Crippen LogP contribution is 2.23. The topological polar surface area (TPSA) is 106 Å². The number of likely N-dealkylation sites (tertiary alicyclic amines) is 1. The lowest BCUT2D eigenvalue weighted by Gasteiger charge is -2.29. The number of fused-ring (bicyclic) bond motifs is 1. The number of alkyl carbamates (subject to hydrolysis) is 1. The summed E-state index contributed by atoms with van der Waals surface area (Å²) in [6.45, 7) is 4.51. The zero-order valence-corrected chi connectivity index (χ0v) is 19.4. The van der Waals surface area contributed by atoms with Crippen LogP contribution in [0.4, 0.5) is 4.79 Å². The molecule has 1 aliphatic rings. The van der Waals surface area contributed by atoms with Crippen LogP contribution in [-0.2, 0) is 16.1 Å². The minimum absolute atomic E-state index is 0.111. The highest BCUT2D eigenvalue weighted by atomic mass is 16.5. The van der Waals surface area contributed by atoms with Gasteiger partial charge in [0.15, 0.2) is 0 Å². The van der Waals surface area contributed by atoms with Crippen LogP contribution in [0.3, 0.4) is 0 Å². The highest BCUT2D eigenvalue weighted by Gasteiger charge is 2.39. The van der Waals surface area contributed by atoms with Gasteiger partial charge in [-0.15, -0.1) is 5.10 Å². The van der Waals surface area contributed by atoms with E-state index in [4.69, 9.17) is 4.74 Å². The van der Waals surface area contributed by atoms with Gasteiger partial charge in [0, 0.05) is 6.54 Å². The van der Waals surface area contributed by atoms with Crippen LogP contribution in [-0.4, -0.2) is 56.4 Å². The molecule has 1 aromatic heterocycles. The molecule has 9 heteroatoms. The molecule has 1 aliphatic heterocycles. The Kier molecular flexibility index (Phi) is 7.20. The fourth-order valence-electron chi connectivity index (χ4n) is 4.26. The van der Waals surface area contributed by atoms with Gasteiger partial charge in [-0.3, -0.25) is 9.59 Å². The Bertz CT molecular complexity index is 1160. The largest absolute Gasteiger partial charge is 0.445 e. The van der Waals surface area contributed by atoms with E-state index >= 15 is 0 Å². The molecule has 3 aromatic rings. The van der Waals surface area contributed by atoms with E-state index in [1.807, 2.05) is 56.3 Å². The second-order valence-electron chi connectivity index (χ2n) is 8.91. The summed E-state index contributed by atoms with van der Waals surface area (Å²) in [6, 6.07) is 15.1. The van der Waals surface area contributed by atoms with Gasteiger partial charge in [-0.2, -0.15) is 4.68 Å². The Labute approximate surface area is 198 Å². The normalized spacial score (nSPS) is 16.6. The first-order valence-electron chi connectivity index (χ1n) is 11.6. The summed E-state index contributed by atoms with van der Waals surface area (Å²) in [5.41, 5.74) is 2.08. The van der Waals surface area contributed by atoms with E-state index in [-0.39, 0.29) is 24.3 Å². The maximum absolute atomic E-state index is 13.5. The SMILES string of the molecule is CC(C)C[C@H](NC(=O)OCc1ccccc1)C(=O)N1CCC[C@H]1C(=O)n1nnc2ccccc21. The van der Waals surface area contributed by atoms with Crippen LogP contribution in [0.15, 0.2) is 54.6 Å². The molecule has 2 heterocycles. The molecule has 1 N–H and O–H groups in total. The maximum Gasteiger partial charge on any atom is 0.408 e. The minimum atomic E-state index is -0.788. The number of aromatic nitrogens is 3. The number of carbonyl (C=O) groups excluding carboxylic acids is 3. The van der Waals surface area contributed by atoms with E-state index in [1.165, 1.54) is 4.68 Å². The number of nitrogens with zero attached hydrogens (tertiary/aromatic N) is 4. The van der Waals surface area contributed by atoms with Gasteiger partial charge >= 0.3 is 6.09 Å². The molecule has 34 heavy (non-hydrogen) atoms. The molecule has 0 spiro atoms. The lowest BCUT2D eigenvalue weighted by Crippen LogP contribution is -2.52. The van der Waals surface area contributed by atoms with Gasteiger partial charge in [0.1, 0.15) is 24.2 Å². The first-order chi connectivity index (χ1) is 16.4. The van der Waals surface area contributed by atoms with Crippen LogP contribution in [0.5, 0.6) is 0 Å². The van der Waals surface area contributed by atoms with Crippen LogP contribution in [0, 0.1) is 5.92 Å². The van der Waals surface area contributed by atoms with Gasteiger partial charge in [-0.05, 0) is 42.9 Å². The Hall–Kier alpha value is -3.75. The number of para-hydroxylation sites is 1. The smallest absolute Gasteiger partial charge is 0.408 e. The van der Waals surface area contributed by atoms with Crippen molar-refractivity contribution in [1.82, 2.24) is 25.2 Å². The predicted molar refractivity (Wildman–Crippen MR) is 126 cm³/mol. The maximum atomic E-state index is 13.5. The average Bonchev–Trinajstić information content (AvgIpc) is 3.49. The second kappa shape index (κ2) is 10.5. The van der Waals surface area contributed by atoms with E-state index in [9.17, 15) is 14.4 Å². The highest BCUT2D eigenvalue weighted by molar-refractivity contribution is 5.96. The van der Waals surface area contributed by atoms with E-state index in [0.29, 0.717) is 36.8 Å². The molecule has 1 saturated heterocycles. The Balaban J connectivity index is 1.46. The van der Waals surface area contributed by atoms with E-state index in [0.717, 1.165) is 5.56 Å². The number of nitrogens with one attached hydrogen (secondary N) is 1. The van der Waals surface area contributed by atoms with Gasteiger partial charge in [0.05, 0.1) is 5.52 Å². The third-order valence-corrected chi connectivity index (χ3v) is 5.89. The van der Waals surface area contributed by atoms with Crippen molar-refractivity contribution in [2.45, 2.75) is 51.8 Å². The number of amides is 2. The third kappa shape index (κ3) is 5.24. The summed E-state index contributed by atoms with van der Waals surface area (Å²) in [5.74, 6) is -0.431. The van der Waals surface area contributed by atoms with Gasteiger partial charge < -0.3 is 15.0 Å². The molecule has 178 valence electrons. The van der Waals surface area contributed by atoms with Crippen molar-refractivity contribution in [3.8, 4) is 0 Å².